The number of rotatable bonds is 3. The topological polar surface area (TPSA) is 29.5 Å². The van der Waals surface area contributed by atoms with Gasteiger partial charge in [-0.25, -0.2) is 4.39 Å². The van der Waals surface area contributed by atoms with Gasteiger partial charge in [-0.3, -0.25) is 0 Å². The van der Waals surface area contributed by atoms with Crippen molar-refractivity contribution in [1.82, 2.24) is 0 Å². The second kappa shape index (κ2) is 6.37. The Morgan fingerprint density at radius 2 is 1.58 bits per heavy atom. The molecule has 0 saturated carbocycles. The summed E-state index contributed by atoms with van der Waals surface area (Å²) in [6.45, 7) is 4.02. The van der Waals surface area contributed by atoms with Crippen molar-refractivity contribution in [3.05, 3.63) is 57.3 Å². The molecule has 0 aromatic heterocycles. The number of hydrogen-bond acceptors (Lipinski definition) is 2. The standard InChI is InChI=1S/C17H15BrF4O2/c1-9-6-12(19)7-10(2)15(9)24-14-5-4-11(8-13(14)18)16(3,23)17(20,21)22/h4-8,23H,1-3H3. The van der Waals surface area contributed by atoms with E-state index in [9.17, 15) is 22.7 Å². The highest BCUT2D eigenvalue weighted by Crippen LogP contribution is 2.42. The minimum atomic E-state index is -4.81. The van der Waals surface area contributed by atoms with Crippen LogP contribution in [0.15, 0.2) is 34.8 Å². The number of ether oxygens (including phenoxy) is 1. The van der Waals surface area contributed by atoms with Crippen LogP contribution in [0.2, 0.25) is 0 Å². The third kappa shape index (κ3) is 3.57. The highest BCUT2D eigenvalue weighted by Gasteiger charge is 2.51. The van der Waals surface area contributed by atoms with Crippen molar-refractivity contribution in [2.75, 3.05) is 0 Å². The van der Waals surface area contributed by atoms with Crippen molar-refractivity contribution in [3.8, 4) is 11.5 Å². The fourth-order valence-corrected chi connectivity index (χ4v) is 2.68. The second-order valence-corrected chi connectivity index (χ2v) is 6.54. The summed E-state index contributed by atoms with van der Waals surface area (Å²) in [5.74, 6) is 0.287. The maximum absolute atomic E-state index is 13.3. The first kappa shape index (κ1) is 18.7. The maximum atomic E-state index is 13.3. The van der Waals surface area contributed by atoms with E-state index in [1.54, 1.807) is 13.8 Å². The maximum Gasteiger partial charge on any atom is 0.421 e. The fourth-order valence-electron chi connectivity index (χ4n) is 2.22. The molecule has 0 fully saturated rings. The number of hydrogen-bond donors (Lipinski definition) is 1. The van der Waals surface area contributed by atoms with Crippen LogP contribution in [-0.2, 0) is 5.60 Å². The van der Waals surface area contributed by atoms with Crippen LogP contribution < -0.4 is 4.74 Å². The van der Waals surface area contributed by atoms with Gasteiger partial charge in [0.2, 0.25) is 0 Å². The lowest BCUT2D eigenvalue weighted by Crippen LogP contribution is -2.39. The lowest BCUT2D eigenvalue weighted by Gasteiger charge is -2.27. The van der Waals surface area contributed by atoms with Crippen molar-refractivity contribution >= 4 is 15.9 Å². The van der Waals surface area contributed by atoms with Gasteiger partial charge in [0.1, 0.15) is 17.3 Å². The summed E-state index contributed by atoms with van der Waals surface area (Å²) in [7, 11) is 0. The van der Waals surface area contributed by atoms with Crippen LogP contribution in [0.1, 0.15) is 23.6 Å². The lowest BCUT2D eigenvalue weighted by molar-refractivity contribution is -0.258. The molecular formula is C17H15BrF4O2. The Labute approximate surface area is 145 Å². The molecule has 1 unspecified atom stereocenters. The summed E-state index contributed by atoms with van der Waals surface area (Å²) >= 11 is 3.15. The van der Waals surface area contributed by atoms with E-state index < -0.39 is 17.6 Å². The Morgan fingerprint density at radius 1 is 1.04 bits per heavy atom. The quantitative estimate of drug-likeness (QED) is 0.655. The normalized spacial score (nSPS) is 14.4. The first-order valence-electron chi connectivity index (χ1n) is 6.97. The predicted molar refractivity (Wildman–Crippen MR) is 85.7 cm³/mol. The average Bonchev–Trinajstić information content (AvgIpc) is 2.42. The molecule has 2 rings (SSSR count). The molecule has 0 aliphatic carbocycles. The smallest absolute Gasteiger partial charge is 0.421 e. The Balaban J connectivity index is 2.39. The van der Waals surface area contributed by atoms with Gasteiger partial charge < -0.3 is 9.84 Å². The molecule has 0 radical (unpaired) electrons. The fraction of sp³-hybridized carbons (Fsp3) is 0.294. The molecule has 2 aromatic carbocycles. The van der Waals surface area contributed by atoms with Gasteiger partial charge in [0, 0.05) is 0 Å². The SMILES string of the molecule is Cc1cc(F)cc(C)c1Oc1ccc(C(C)(O)C(F)(F)F)cc1Br. The zero-order valence-corrected chi connectivity index (χ0v) is 14.7. The van der Waals surface area contributed by atoms with Gasteiger partial charge in [0.05, 0.1) is 4.47 Å². The predicted octanol–water partition coefficient (Wildman–Crippen LogP) is 5.77. The number of alkyl halides is 3. The summed E-state index contributed by atoms with van der Waals surface area (Å²) in [4.78, 5) is 0. The molecule has 0 bridgehead atoms. The molecule has 0 heterocycles. The average molecular weight is 407 g/mol. The Kier molecular flexibility index (Phi) is 4.97. The van der Waals surface area contributed by atoms with Crippen molar-refractivity contribution in [2.45, 2.75) is 32.5 Å². The van der Waals surface area contributed by atoms with E-state index in [0.717, 1.165) is 12.1 Å². The summed E-state index contributed by atoms with van der Waals surface area (Å²) in [6, 6.07) is 6.22. The molecule has 130 valence electrons. The van der Waals surface area contributed by atoms with Crippen LogP contribution in [0.3, 0.4) is 0 Å². The van der Waals surface area contributed by atoms with Gasteiger partial charge in [-0.15, -0.1) is 0 Å². The molecule has 0 saturated heterocycles. The molecule has 0 aliphatic rings. The van der Waals surface area contributed by atoms with Crippen molar-refractivity contribution in [2.24, 2.45) is 0 Å². The molecule has 2 aromatic rings. The zero-order chi connectivity index (χ0) is 18.3. The van der Waals surface area contributed by atoms with Gasteiger partial charge in [-0.2, -0.15) is 13.2 Å². The molecule has 0 amide bonds. The Morgan fingerprint density at radius 3 is 2.04 bits per heavy atom. The largest absolute Gasteiger partial charge is 0.456 e. The van der Waals surface area contributed by atoms with Gasteiger partial charge in [-0.05, 0) is 77.7 Å². The molecule has 0 spiro atoms. The second-order valence-electron chi connectivity index (χ2n) is 5.69. The summed E-state index contributed by atoms with van der Waals surface area (Å²) in [5.41, 5.74) is -2.17. The van der Waals surface area contributed by atoms with Crippen LogP contribution in [0.25, 0.3) is 0 Å². The molecule has 0 aliphatic heterocycles. The third-order valence-corrected chi connectivity index (χ3v) is 4.30. The molecule has 24 heavy (non-hydrogen) atoms. The highest BCUT2D eigenvalue weighted by molar-refractivity contribution is 9.10. The number of aryl methyl sites for hydroxylation is 2. The first-order valence-corrected chi connectivity index (χ1v) is 7.76. The van der Waals surface area contributed by atoms with E-state index in [4.69, 9.17) is 4.74 Å². The molecular weight excluding hydrogens is 392 g/mol. The van der Waals surface area contributed by atoms with E-state index in [-0.39, 0.29) is 15.8 Å². The van der Waals surface area contributed by atoms with E-state index in [2.05, 4.69) is 15.9 Å². The number of benzene rings is 2. The van der Waals surface area contributed by atoms with Crippen LogP contribution in [0.5, 0.6) is 11.5 Å². The zero-order valence-electron chi connectivity index (χ0n) is 13.1. The molecule has 7 heteroatoms. The minimum absolute atomic E-state index is 0.243. The number of halogens is 5. The van der Waals surface area contributed by atoms with Crippen LogP contribution in [0.4, 0.5) is 17.6 Å². The van der Waals surface area contributed by atoms with E-state index in [1.165, 1.54) is 18.2 Å². The Hall–Kier alpha value is -1.60. The first-order chi connectivity index (χ1) is 10.9. The minimum Gasteiger partial charge on any atom is -0.456 e. The van der Waals surface area contributed by atoms with E-state index >= 15 is 0 Å². The molecule has 1 atom stereocenters. The lowest BCUT2D eigenvalue weighted by atomic mass is 9.95. The van der Waals surface area contributed by atoms with Gasteiger partial charge in [0.15, 0.2) is 5.60 Å². The van der Waals surface area contributed by atoms with Gasteiger partial charge in [0.25, 0.3) is 0 Å². The molecule has 1 N–H and O–H groups in total. The third-order valence-electron chi connectivity index (χ3n) is 3.68. The van der Waals surface area contributed by atoms with Crippen LogP contribution >= 0.6 is 15.9 Å². The van der Waals surface area contributed by atoms with E-state index in [0.29, 0.717) is 23.8 Å². The monoisotopic (exact) mass is 406 g/mol. The van der Waals surface area contributed by atoms with E-state index in [1.807, 2.05) is 0 Å². The van der Waals surface area contributed by atoms with Crippen LogP contribution in [-0.4, -0.2) is 11.3 Å². The van der Waals surface area contributed by atoms with Crippen molar-refractivity contribution in [3.63, 3.8) is 0 Å². The van der Waals surface area contributed by atoms with Crippen LogP contribution in [0, 0.1) is 19.7 Å². The highest BCUT2D eigenvalue weighted by atomic mass is 79.9. The van der Waals surface area contributed by atoms with Gasteiger partial charge >= 0.3 is 6.18 Å². The summed E-state index contributed by atoms with van der Waals surface area (Å²) in [6.07, 6.45) is -4.81. The Bertz CT molecular complexity index is 747. The summed E-state index contributed by atoms with van der Waals surface area (Å²) < 4.78 is 58.0. The number of aliphatic hydroxyl groups is 1. The van der Waals surface area contributed by atoms with Crippen molar-refractivity contribution in [1.29, 1.82) is 0 Å². The molecule has 2 nitrogen and oxygen atoms in total. The van der Waals surface area contributed by atoms with Gasteiger partial charge in [-0.1, -0.05) is 6.07 Å². The van der Waals surface area contributed by atoms with Crippen molar-refractivity contribution < 1.29 is 27.4 Å². The summed E-state index contributed by atoms with van der Waals surface area (Å²) in [5, 5.41) is 9.72.